The third-order valence-electron chi connectivity index (χ3n) is 2.81. The molecule has 2 rings (SSSR count). The SMILES string of the molecule is CCn1ccc(NS(=O)(=O)c2ccc([N+](=O)[O-])cc2)nc1=O. The van der Waals surface area contributed by atoms with E-state index in [9.17, 15) is 23.3 Å². The van der Waals surface area contributed by atoms with E-state index in [2.05, 4.69) is 9.71 Å². The molecule has 0 amide bonds. The van der Waals surface area contributed by atoms with Crippen molar-refractivity contribution in [2.24, 2.45) is 0 Å². The zero-order valence-electron chi connectivity index (χ0n) is 11.5. The van der Waals surface area contributed by atoms with E-state index in [4.69, 9.17) is 0 Å². The van der Waals surface area contributed by atoms with Crippen molar-refractivity contribution in [3.8, 4) is 0 Å². The third kappa shape index (κ3) is 3.28. The molecule has 116 valence electrons. The standard InChI is InChI=1S/C12H12N4O5S/c1-2-15-8-7-11(13-12(15)17)14-22(20,21)10-5-3-9(4-6-10)16(18)19/h3-8H,2H2,1H3,(H,13,14,17). The predicted octanol–water partition coefficient (Wildman–Crippen LogP) is 0.972. The van der Waals surface area contributed by atoms with Crippen LogP contribution in [0, 0.1) is 10.1 Å². The Labute approximate surface area is 125 Å². The van der Waals surface area contributed by atoms with Crippen LogP contribution in [0.5, 0.6) is 0 Å². The normalized spacial score (nSPS) is 11.1. The van der Waals surface area contributed by atoms with Crippen molar-refractivity contribution in [3.05, 3.63) is 57.1 Å². The Balaban J connectivity index is 2.29. The van der Waals surface area contributed by atoms with Crippen LogP contribution in [0.1, 0.15) is 6.92 Å². The summed E-state index contributed by atoms with van der Waals surface area (Å²) >= 11 is 0. The quantitative estimate of drug-likeness (QED) is 0.645. The first kappa shape index (κ1) is 15.6. The van der Waals surface area contributed by atoms with Gasteiger partial charge in [-0.3, -0.25) is 19.4 Å². The highest BCUT2D eigenvalue weighted by molar-refractivity contribution is 7.92. The highest BCUT2D eigenvalue weighted by atomic mass is 32.2. The average Bonchev–Trinajstić information content (AvgIpc) is 2.47. The summed E-state index contributed by atoms with van der Waals surface area (Å²) in [4.78, 5) is 24.9. The van der Waals surface area contributed by atoms with Gasteiger partial charge >= 0.3 is 5.69 Å². The van der Waals surface area contributed by atoms with Crippen LogP contribution < -0.4 is 10.4 Å². The van der Waals surface area contributed by atoms with Gasteiger partial charge in [0.15, 0.2) is 0 Å². The van der Waals surface area contributed by atoms with Crippen LogP contribution in [-0.4, -0.2) is 22.9 Å². The van der Waals surface area contributed by atoms with Gasteiger partial charge in [0, 0.05) is 24.9 Å². The van der Waals surface area contributed by atoms with Crippen LogP contribution in [0.25, 0.3) is 0 Å². The lowest BCUT2D eigenvalue weighted by molar-refractivity contribution is -0.384. The van der Waals surface area contributed by atoms with Gasteiger partial charge in [0.05, 0.1) is 9.82 Å². The minimum atomic E-state index is -3.98. The second kappa shape index (κ2) is 5.93. The van der Waals surface area contributed by atoms with Gasteiger partial charge < -0.3 is 0 Å². The second-order valence-corrected chi connectivity index (χ2v) is 5.92. The Morgan fingerprint density at radius 2 is 1.91 bits per heavy atom. The van der Waals surface area contributed by atoms with Crippen molar-refractivity contribution in [1.82, 2.24) is 9.55 Å². The minimum absolute atomic E-state index is 0.118. The minimum Gasteiger partial charge on any atom is -0.299 e. The summed E-state index contributed by atoms with van der Waals surface area (Å²) in [6.45, 7) is 2.17. The van der Waals surface area contributed by atoms with Gasteiger partial charge in [0.2, 0.25) is 0 Å². The van der Waals surface area contributed by atoms with Crippen LogP contribution in [0.3, 0.4) is 0 Å². The summed E-state index contributed by atoms with van der Waals surface area (Å²) in [6.07, 6.45) is 1.42. The molecule has 1 aromatic carbocycles. The first-order chi connectivity index (χ1) is 10.3. The number of hydrogen-bond donors (Lipinski definition) is 1. The van der Waals surface area contributed by atoms with E-state index < -0.39 is 20.6 Å². The van der Waals surface area contributed by atoms with Crippen LogP contribution in [-0.2, 0) is 16.6 Å². The van der Waals surface area contributed by atoms with Gasteiger partial charge in [-0.15, -0.1) is 0 Å². The van der Waals surface area contributed by atoms with Crippen molar-refractivity contribution in [2.45, 2.75) is 18.4 Å². The molecule has 22 heavy (non-hydrogen) atoms. The average molecular weight is 324 g/mol. The first-order valence-electron chi connectivity index (χ1n) is 6.18. The molecule has 9 nitrogen and oxygen atoms in total. The van der Waals surface area contributed by atoms with Crippen LogP contribution in [0.15, 0.2) is 46.2 Å². The van der Waals surface area contributed by atoms with Crippen molar-refractivity contribution in [1.29, 1.82) is 0 Å². The fourth-order valence-corrected chi connectivity index (χ4v) is 2.67. The smallest absolute Gasteiger partial charge is 0.299 e. The number of nitro groups is 1. The topological polar surface area (TPSA) is 124 Å². The Hall–Kier alpha value is -2.75. The first-order valence-corrected chi connectivity index (χ1v) is 7.66. The van der Waals surface area contributed by atoms with Gasteiger partial charge in [-0.1, -0.05) is 0 Å². The molecule has 1 heterocycles. The van der Waals surface area contributed by atoms with Gasteiger partial charge in [-0.05, 0) is 25.1 Å². The molecule has 0 aliphatic carbocycles. The van der Waals surface area contributed by atoms with E-state index in [0.29, 0.717) is 6.54 Å². The Morgan fingerprint density at radius 1 is 1.27 bits per heavy atom. The molecular weight excluding hydrogens is 312 g/mol. The maximum absolute atomic E-state index is 12.1. The van der Waals surface area contributed by atoms with E-state index in [0.717, 1.165) is 24.3 Å². The Morgan fingerprint density at radius 3 is 2.41 bits per heavy atom. The fraction of sp³-hybridized carbons (Fsp3) is 0.167. The lowest BCUT2D eigenvalue weighted by Gasteiger charge is -2.08. The Kier molecular flexibility index (Phi) is 4.22. The highest BCUT2D eigenvalue weighted by Crippen LogP contribution is 2.17. The molecule has 0 fully saturated rings. The zero-order valence-corrected chi connectivity index (χ0v) is 12.3. The molecule has 0 saturated carbocycles. The molecule has 10 heteroatoms. The van der Waals surface area contributed by atoms with Crippen LogP contribution in [0.2, 0.25) is 0 Å². The molecule has 0 saturated heterocycles. The highest BCUT2D eigenvalue weighted by Gasteiger charge is 2.17. The second-order valence-electron chi connectivity index (χ2n) is 4.24. The molecule has 0 radical (unpaired) electrons. The number of non-ortho nitro benzene ring substituents is 1. The maximum atomic E-state index is 12.1. The summed E-state index contributed by atoms with van der Waals surface area (Å²) in [6, 6.07) is 5.73. The molecule has 1 aromatic heterocycles. The largest absolute Gasteiger partial charge is 0.349 e. The number of anilines is 1. The van der Waals surface area contributed by atoms with E-state index in [1.807, 2.05) is 0 Å². The number of aryl methyl sites for hydroxylation is 1. The Bertz CT molecular complexity index is 858. The number of rotatable bonds is 5. The van der Waals surface area contributed by atoms with Crippen molar-refractivity contribution >= 4 is 21.5 Å². The van der Waals surface area contributed by atoms with E-state index in [1.165, 1.54) is 16.8 Å². The molecule has 0 spiro atoms. The van der Waals surface area contributed by atoms with E-state index in [1.54, 1.807) is 6.92 Å². The van der Waals surface area contributed by atoms with Crippen molar-refractivity contribution in [3.63, 3.8) is 0 Å². The number of hydrogen-bond acceptors (Lipinski definition) is 6. The maximum Gasteiger partial charge on any atom is 0.349 e. The zero-order chi connectivity index (χ0) is 16.3. The van der Waals surface area contributed by atoms with Gasteiger partial charge in [-0.2, -0.15) is 4.98 Å². The monoisotopic (exact) mass is 324 g/mol. The van der Waals surface area contributed by atoms with E-state index >= 15 is 0 Å². The van der Waals surface area contributed by atoms with Gasteiger partial charge in [0.1, 0.15) is 5.82 Å². The molecule has 0 aliphatic rings. The number of sulfonamides is 1. The predicted molar refractivity (Wildman–Crippen MR) is 78.1 cm³/mol. The molecule has 0 atom stereocenters. The number of nitro benzene ring substituents is 1. The lowest BCUT2D eigenvalue weighted by atomic mass is 10.3. The summed E-state index contributed by atoms with van der Waals surface area (Å²) in [5.41, 5.74) is -0.797. The molecule has 0 aliphatic heterocycles. The van der Waals surface area contributed by atoms with E-state index in [-0.39, 0.29) is 16.4 Å². The summed E-state index contributed by atoms with van der Waals surface area (Å²) in [7, 11) is -3.98. The van der Waals surface area contributed by atoms with Crippen molar-refractivity contribution < 1.29 is 13.3 Å². The number of aromatic nitrogens is 2. The lowest BCUT2D eigenvalue weighted by Crippen LogP contribution is -2.24. The fourth-order valence-electron chi connectivity index (χ4n) is 1.67. The summed E-state index contributed by atoms with van der Waals surface area (Å²) in [5, 5.41) is 10.5. The molecule has 0 unspecified atom stereocenters. The van der Waals surface area contributed by atoms with Crippen molar-refractivity contribution in [2.75, 3.05) is 4.72 Å². The number of nitrogens with one attached hydrogen (secondary N) is 1. The van der Waals surface area contributed by atoms with Crippen LogP contribution in [0.4, 0.5) is 11.5 Å². The molecule has 2 aromatic rings. The van der Waals surface area contributed by atoms with Crippen LogP contribution >= 0.6 is 0 Å². The van der Waals surface area contributed by atoms with Gasteiger partial charge in [-0.25, -0.2) is 13.2 Å². The number of nitrogens with zero attached hydrogens (tertiary/aromatic N) is 3. The summed E-state index contributed by atoms with van der Waals surface area (Å²) in [5.74, 6) is -0.118. The third-order valence-corrected chi connectivity index (χ3v) is 4.18. The molecule has 1 N–H and O–H groups in total. The summed E-state index contributed by atoms with van der Waals surface area (Å²) < 4.78 is 27.7. The molecule has 0 bridgehead atoms. The number of benzene rings is 1. The molecular formula is C12H12N4O5S. The van der Waals surface area contributed by atoms with Gasteiger partial charge in [0.25, 0.3) is 15.7 Å².